The highest BCUT2D eigenvalue weighted by Gasteiger charge is 2.25. The number of likely N-dealkylation sites (N-methyl/N-ethyl adjacent to an activating group) is 2. The molecule has 0 N–H and O–H groups in total. The molecule has 0 bridgehead atoms. The number of thiophene rings is 1. The standard InChI is InChI=1S/C16H19FN2O3S2/c1-3-19(11-14-5-4-10-23-14)16(20)12-18(2)24(21,22)15-8-6-13(17)7-9-15/h4-10H,3,11-12H2,1-2H3. The Morgan fingerprint density at radius 3 is 2.42 bits per heavy atom. The van der Waals surface area contributed by atoms with E-state index in [4.69, 9.17) is 0 Å². The van der Waals surface area contributed by atoms with Gasteiger partial charge >= 0.3 is 0 Å². The van der Waals surface area contributed by atoms with Crippen molar-refractivity contribution in [2.45, 2.75) is 18.4 Å². The number of nitrogens with zero attached hydrogens (tertiary/aromatic N) is 2. The van der Waals surface area contributed by atoms with Crippen molar-refractivity contribution in [3.8, 4) is 0 Å². The summed E-state index contributed by atoms with van der Waals surface area (Å²) in [7, 11) is -2.49. The first-order valence-electron chi connectivity index (χ1n) is 7.36. The van der Waals surface area contributed by atoms with E-state index in [0.29, 0.717) is 13.1 Å². The number of rotatable bonds is 7. The Morgan fingerprint density at radius 2 is 1.88 bits per heavy atom. The smallest absolute Gasteiger partial charge is 0.243 e. The van der Waals surface area contributed by atoms with E-state index < -0.39 is 15.8 Å². The molecule has 0 saturated heterocycles. The second kappa shape index (κ2) is 7.87. The maximum Gasteiger partial charge on any atom is 0.243 e. The second-order valence-corrected chi connectivity index (χ2v) is 8.28. The Kier molecular flexibility index (Phi) is 6.09. The van der Waals surface area contributed by atoms with Crippen molar-refractivity contribution in [3.05, 3.63) is 52.5 Å². The molecule has 0 spiro atoms. The third-order valence-corrected chi connectivity index (χ3v) is 6.22. The van der Waals surface area contributed by atoms with Crippen molar-refractivity contribution in [1.29, 1.82) is 0 Å². The Balaban J connectivity index is 2.07. The van der Waals surface area contributed by atoms with Gasteiger partial charge in [-0.25, -0.2) is 12.8 Å². The van der Waals surface area contributed by atoms with E-state index in [1.807, 2.05) is 24.4 Å². The molecule has 0 saturated carbocycles. The monoisotopic (exact) mass is 370 g/mol. The number of carbonyl (C=O) groups excluding carboxylic acids is 1. The molecule has 130 valence electrons. The topological polar surface area (TPSA) is 57.7 Å². The van der Waals surface area contributed by atoms with Gasteiger partial charge in [-0.05, 0) is 42.6 Å². The predicted molar refractivity (Wildman–Crippen MR) is 91.6 cm³/mol. The summed E-state index contributed by atoms with van der Waals surface area (Å²) in [6, 6.07) is 8.38. The van der Waals surface area contributed by atoms with E-state index in [2.05, 4.69) is 0 Å². The van der Waals surface area contributed by atoms with Gasteiger partial charge in [-0.3, -0.25) is 4.79 Å². The average Bonchev–Trinajstić information content (AvgIpc) is 3.05. The van der Waals surface area contributed by atoms with Gasteiger partial charge in [0.05, 0.1) is 18.0 Å². The fourth-order valence-corrected chi connectivity index (χ4v) is 3.97. The van der Waals surface area contributed by atoms with Crippen LogP contribution in [0.5, 0.6) is 0 Å². The first-order valence-corrected chi connectivity index (χ1v) is 9.68. The second-order valence-electron chi connectivity index (χ2n) is 5.20. The molecule has 0 aliphatic rings. The van der Waals surface area contributed by atoms with Crippen molar-refractivity contribution in [2.24, 2.45) is 0 Å². The van der Waals surface area contributed by atoms with Crippen LogP contribution in [0.15, 0.2) is 46.7 Å². The van der Waals surface area contributed by atoms with Crippen LogP contribution in [-0.2, 0) is 21.4 Å². The summed E-state index contributed by atoms with van der Waals surface area (Å²) in [6.45, 7) is 2.53. The Hall–Kier alpha value is -1.77. The average molecular weight is 370 g/mol. The molecule has 2 aromatic rings. The summed E-state index contributed by atoms with van der Waals surface area (Å²) < 4.78 is 38.8. The van der Waals surface area contributed by atoms with Gasteiger partial charge in [-0.2, -0.15) is 4.31 Å². The number of carbonyl (C=O) groups is 1. The normalized spacial score (nSPS) is 11.7. The van der Waals surface area contributed by atoms with Crippen LogP contribution in [-0.4, -0.2) is 43.7 Å². The first kappa shape index (κ1) is 18.6. The Morgan fingerprint density at radius 1 is 1.21 bits per heavy atom. The molecule has 0 aliphatic heterocycles. The molecule has 5 nitrogen and oxygen atoms in total. The summed E-state index contributed by atoms with van der Waals surface area (Å²) in [4.78, 5) is 15.0. The van der Waals surface area contributed by atoms with Crippen LogP contribution in [0.2, 0.25) is 0 Å². The van der Waals surface area contributed by atoms with Gasteiger partial charge in [-0.15, -0.1) is 11.3 Å². The summed E-state index contributed by atoms with van der Waals surface area (Å²) in [5.41, 5.74) is 0. The Labute approximate surface area is 145 Å². The van der Waals surface area contributed by atoms with Crippen LogP contribution in [0.1, 0.15) is 11.8 Å². The maximum absolute atomic E-state index is 12.9. The van der Waals surface area contributed by atoms with E-state index >= 15 is 0 Å². The highest BCUT2D eigenvalue weighted by molar-refractivity contribution is 7.89. The van der Waals surface area contributed by atoms with Crippen molar-refractivity contribution >= 4 is 27.3 Å². The minimum Gasteiger partial charge on any atom is -0.337 e. The molecular formula is C16H19FN2O3S2. The van der Waals surface area contributed by atoms with Crippen molar-refractivity contribution in [2.75, 3.05) is 20.1 Å². The third-order valence-electron chi connectivity index (χ3n) is 3.54. The number of hydrogen-bond donors (Lipinski definition) is 0. The van der Waals surface area contributed by atoms with Crippen LogP contribution < -0.4 is 0 Å². The van der Waals surface area contributed by atoms with E-state index in [0.717, 1.165) is 21.3 Å². The molecule has 0 aliphatic carbocycles. The summed E-state index contributed by atoms with van der Waals surface area (Å²) in [5.74, 6) is -0.792. The molecular weight excluding hydrogens is 351 g/mol. The predicted octanol–water partition coefficient (Wildman–Crippen LogP) is 2.56. The minimum absolute atomic E-state index is 0.0412. The van der Waals surface area contributed by atoms with Gasteiger partial charge in [0.2, 0.25) is 15.9 Å². The molecule has 1 heterocycles. The zero-order valence-electron chi connectivity index (χ0n) is 13.5. The minimum atomic E-state index is -3.83. The highest BCUT2D eigenvalue weighted by Crippen LogP contribution is 2.16. The number of sulfonamides is 1. The summed E-state index contributed by atoms with van der Waals surface area (Å²) in [6.07, 6.45) is 0. The van der Waals surface area contributed by atoms with Gasteiger partial charge in [-0.1, -0.05) is 6.07 Å². The van der Waals surface area contributed by atoms with Gasteiger partial charge in [0, 0.05) is 18.5 Å². The van der Waals surface area contributed by atoms with Crippen LogP contribution in [0.4, 0.5) is 4.39 Å². The quantitative estimate of drug-likeness (QED) is 0.753. The molecule has 1 aromatic heterocycles. The molecule has 0 fully saturated rings. The lowest BCUT2D eigenvalue weighted by atomic mass is 10.4. The molecule has 0 radical (unpaired) electrons. The lowest BCUT2D eigenvalue weighted by Crippen LogP contribution is -2.40. The van der Waals surface area contributed by atoms with Gasteiger partial charge in [0.1, 0.15) is 5.82 Å². The van der Waals surface area contributed by atoms with Crippen LogP contribution in [0.3, 0.4) is 0 Å². The van der Waals surface area contributed by atoms with Crippen molar-refractivity contribution in [3.63, 3.8) is 0 Å². The number of halogens is 1. The van der Waals surface area contributed by atoms with Crippen LogP contribution >= 0.6 is 11.3 Å². The number of benzene rings is 1. The van der Waals surface area contributed by atoms with Gasteiger partial charge in [0.15, 0.2) is 0 Å². The molecule has 2 rings (SSSR count). The lowest BCUT2D eigenvalue weighted by molar-refractivity contribution is -0.131. The molecule has 1 amide bonds. The maximum atomic E-state index is 12.9. The lowest BCUT2D eigenvalue weighted by Gasteiger charge is -2.23. The zero-order chi connectivity index (χ0) is 17.7. The molecule has 8 heteroatoms. The van der Waals surface area contributed by atoms with Crippen LogP contribution in [0.25, 0.3) is 0 Å². The largest absolute Gasteiger partial charge is 0.337 e. The van der Waals surface area contributed by atoms with E-state index in [-0.39, 0.29) is 17.3 Å². The van der Waals surface area contributed by atoms with Crippen molar-refractivity contribution in [1.82, 2.24) is 9.21 Å². The number of amides is 1. The summed E-state index contributed by atoms with van der Waals surface area (Å²) in [5, 5.41) is 1.93. The highest BCUT2D eigenvalue weighted by atomic mass is 32.2. The SMILES string of the molecule is CCN(Cc1cccs1)C(=O)CN(C)S(=O)(=O)c1ccc(F)cc1. The fourth-order valence-electron chi connectivity index (χ4n) is 2.13. The third kappa shape index (κ3) is 4.40. The molecule has 0 atom stereocenters. The van der Waals surface area contributed by atoms with E-state index in [1.165, 1.54) is 19.2 Å². The van der Waals surface area contributed by atoms with Gasteiger partial charge in [0.25, 0.3) is 0 Å². The van der Waals surface area contributed by atoms with E-state index in [1.54, 1.807) is 16.2 Å². The molecule has 0 unspecified atom stereocenters. The Bertz CT molecular complexity index is 774. The van der Waals surface area contributed by atoms with Crippen molar-refractivity contribution < 1.29 is 17.6 Å². The number of hydrogen-bond acceptors (Lipinski definition) is 4. The first-order chi connectivity index (χ1) is 11.3. The van der Waals surface area contributed by atoms with Crippen LogP contribution in [0, 0.1) is 5.82 Å². The molecule has 1 aromatic carbocycles. The van der Waals surface area contributed by atoms with Gasteiger partial charge < -0.3 is 4.90 Å². The van der Waals surface area contributed by atoms with E-state index in [9.17, 15) is 17.6 Å². The summed E-state index contributed by atoms with van der Waals surface area (Å²) >= 11 is 1.55. The molecule has 24 heavy (non-hydrogen) atoms. The zero-order valence-corrected chi connectivity index (χ0v) is 15.1. The fraction of sp³-hybridized carbons (Fsp3) is 0.312.